The monoisotopic (exact) mass is 328 g/mol. The first-order valence-corrected chi connectivity index (χ1v) is 8.47. The fraction of sp³-hybridized carbons (Fsp3) is 0.143. The van der Waals surface area contributed by atoms with Crippen LogP contribution in [0.15, 0.2) is 67.1 Å². The number of aromatic amines is 1. The summed E-state index contributed by atoms with van der Waals surface area (Å²) in [7, 11) is 0. The number of nitrogens with zero attached hydrogens (tertiary/aromatic N) is 2. The molecule has 25 heavy (non-hydrogen) atoms. The highest BCUT2D eigenvalue weighted by molar-refractivity contribution is 5.83. The fourth-order valence-corrected chi connectivity index (χ4v) is 2.96. The molecule has 2 aromatic heterocycles. The Kier molecular flexibility index (Phi) is 4.17. The van der Waals surface area contributed by atoms with Crippen LogP contribution in [-0.2, 0) is 6.42 Å². The standard InChI is InChI=1S/C21H20N4/c1-15-6-8-16(9-7-15)18-13-24-21(25-14-18)22-11-10-17-12-23-20-5-3-2-4-19(17)20/h2-9,12-14,23H,10-11H2,1H3,(H,22,24,25). The van der Waals surface area contributed by atoms with Gasteiger partial charge in [-0.15, -0.1) is 0 Å². The first kappa shape index (κ1) is 15.4. The minimum absolute atomic E-state index is 0.663. The molecule has 0 aliphatic heterocycles. The van der Waals surface area contributed by atoms with Gasteiger partial charge in [0.2, 0.25) is 5.95 Å². The smallest absolute Gasteiger partial charge is 0.222 e. The molecule has 0 saturated carbocycles. The van der Waals surface area contributed by atoms with Gasteiger partial charge in [0.05, 0.1) is 0 Å². The topological polar surface area (TPSA) is 53.6 Å². The second-order valence-electron chi connectivity index (χ2n) is 6.20. The van der Waals surface area contributed by atoms with E-state index in [0.717, 1.165) is 24.1 Å². The minimum atomic E-state index is 0.663. The van der Waals surface area contributed by atoms with Gasteiger partial charge in [-0.25, -0.2) is 9.97 Å². The van der Waals surface area contributed by atoms with Crippen LogP contribution in [0, 0.1) is 6.92 Å². The number of anilines is 1. The summed E-state index contributed by atoms with van der Waals surface area (Å²) in [5.74, 6) is 0.663. The summed E-state index contributed by atoms with van der Waals surface area (Å²) in [6, 6.07) is 16.7. The molecule has 2 N–H and O–H groups in total. The van der Waals surface area contributed by atoms with Crippen LogP contribution in [0.2, 0.25) is 0 Å². The molecule has 2 heterocycles. The largest absolute Gasteiger partial charge is 0.361 e. The molecule has 0 unspecified atom stereocenters. The van der Waals surface area contributed by atoms with E-state index in [2.05, 4.69) is 75.9 Å². The van der Waals surface area contributed by atoms with E-state index in [1.54, 1.807) is 0 Å². The van der Waals surface area contributed by atoms with Crippen molar-refractivity contribution in [3.63, 3.8) is 0 Å². The molecule has 4 heteroatoms. The lowest BCUT2D eigenvalue weighted by Gasteiger charge is -2.06. The molecule has 4 aromatic rings. The zero-order valence-corrected chi connectivity index (χ0v) is 14.2. The lowest BCUT2D eigenvalue weighted by Crippen LogP contribution is -2.07. The third-order valence-electron chi connectivity index (χ3n) is 4.39. The lowest BCUT2D eigenvalue weighted by molar-refractivity contribution is 0.991. The second kappa shape index (κ2) is 6.77. The Hall–Kier alpha value is -3.14. The molecule has 0 atom stereocenters. The molecule has 0 fully saturated rings. The van der Waals surface area contributed by atoms with E-state index in [-0.39, 0.29) is 0 Å². The Labute approximate surface area is 147 Å². The quantitative estimate of drug-likeness (QED) is 0.563. The average Bonchev–Trinajstić information content (AvgIpc) is 3.06. The van der Waals surface area contributed by atoms with Crippen LogP contribution in [-0.4, -0.2) is 21.5 Å². The number of rotatable bonds is 5. The Bertz CT molecular complexity index is 969. The van der Waals surface area contributed by atoms with Crippen LogP contribution in [0.25, 0.3) is 22.0 Å². The highest BCUT2D eigenvalue weighted by atomic mass is 15.1. The molecule has 0 spiro atoms. The van der Waals surface area contributed by atoms with E-state index in [9.17, 15) is 0 Å². The van der Waals surface area contributed by atoms with Gasteiger partial charge in [-0.3, -0.25) is 0 Å². The third-order valence-corrected chi connectivity index (χ3v) is 4.39. The molecular weight excluding hydrogens is 308 g/mol. The van der Waals surface area contributed by atoms with Crippen molar-refractivity contribution in [2.45, 2.75) is 13.3 Å². The van der Waals surface area contributed by atoms with E-state index in [4.69, 9.17) is 0 Å². The Morgan fingerprint density at radius 1 is 0.920 bits per heavy atom. The first-order valence-electron chi connectivity index (χ1n) is 8.47. The molecule has 0 aliphatic carbocycles. The molecule has 124 valence electrons. The maximum Gasteiger partial charge on any atom is 0.222 e. The summed E-state index contributed by atoms with van der Waals surface area (Å²) >= 11 is 0. The van der Waals surface area contributed by atoms with Crippen molar-refractivity contribution in [1.82, 2.24) is 15.0 Å². The van der Waals surface area contributed by atoms with E-state index in [0.29, 0.717) is 5.95 Å². The minimum Gasteiger partial charge on any atom is -0.361 e. The van der Waals surface area contributed by atoms with Gasteiger partial charge in [0.1, 0.15) is 0 Å². The molecule has 0 amide bonds. The number of fused-ring (bicyclic) bond motifs is 1. The Balaban J connectivity index is 1.39. The molecule has 4 rings (SSSR count). The SMILES string of the molecule is Cc1ccc(-c2cnc(NCCc3c[nH]c4ccccc34)nc2)cc1. The Morgan fingerprint density at radius 2 is 1.68 bits per heavy atom. The van der Waals surface area contributed by atoms with E-state index in [1.165, 1.54) is 22.0 Å². The van der Waals surface area contributed by atoms with Crippen molar-refractivity contribution < 1.29 is 0 Å². The third kappa shape index (κ3) is 3.38. The number of hydrogen-bond acceptors (Lipinski definition) is 3. The highest BCUT2D eigenvalue weighted by Gasteiger charge is 2.04. The molecule has 0 radical (unpaired) electrons. The van der Waals surface area contributed by atoms with Gasteiger partial charge in [-0.1, -0.05) is 48.0 Å². The van der Waals surface area contributed by atoms with E-state index in [1.807, 2.05) is 18.5 Å². The predicted octanol–water partition coefficient (Wildman–Crippen LogP) is 4.59. The van der Waals surface area contributed by atoms with Crippen LogP contribution in [0.1, 0.15) is 11.1 Å². The van der Waals surface area contributed by atoms with Gasteiger partial charge in [-0.2, -0.15) is 0 Å². The summed E-state index contributed by atoms with van der Waals surface area (Å²) in [5, 5.41) is 4.58. The van der Waals surface area contributed by atoms with Crippen LogP contribution >= 0.6 is 0 Å². The van der Waals surface area contributed by atoms with Gasteiger partial charge >= 0.3 is 0 Å². The summed E-state index contributed by atoms with van der Waals surface area (Å²) in [6.07, 6.45) is 6.73. The average molecular weight is 328 g/mol. The van der Waals surface area contributed by atoms with Gasteiger partial charge < -0.3 is 10.3 Å². The van der Waals surface area contributed by atoms with E-state index >= 15 is 0 Å². The molecule has 4 nitrogen and oxygen atoms in total. The number of nitrogens with one attached hydrogen (secondary N) is 2. The zero-order chi connectivity index (χ0) is 17.1. The van der Waals surface area contributed by atoms with Gasteiger partial charge in [0, 0.05) is 41.6 Å². The highest BCUT2D eigenvalue weighted by Crippen LogP contribution is 2.19. The molecule has 2 aromatic carbocycles. The number of aryl methyl sites for hydroxylation is 1. The zero-order valence-electron chi connectivity index (χ0n) is 14.2. The van der Waals surface area contributed by atoms with Crippen LogP contribution in [0.3, 0.4) is 0 Å². The summed E-state index contributed by atoms with van der Waals surface area (Å²) in [5.41, 5.74) is 5.90. The number of benzene rings is 2. The predicted molar refractivity (Wildman–Crippen MR) is 103 cm³/mol. The van der Waals surface area contributed by atoms with Gasteiger partial charge in [-0.05, 0) is 30.5 Å². The van der Waals surface area contributed by atoms with Crippen molar-refractivity contribution in [1.29, 1.82) is 0 Å². The maximum atomic E-state index is 4.43. The van der Waals surface area contributed by atoms with Crippen LogP contribution < -0.4 is 5.32 Å². The lowest BCUT2D eigenvalue weighted by atomic mass is 10.1. The van der Waals surface area contributed by atoms with E-state index < -0.39 is 0 Å². The summed E-state index contributed by atoms with van der Waals surface area (Å²) < 4.78 is 0. The normalized spacial score (nSPS) is 10.9. The van der Waals surface area contributed by atoms with Crippen molar-refractivity contribution in [2.75, 3.05) is 11.9 Å². The number of para-hydroxylation sites is 1. The number of hydrogen-bond donors (Lipinski definition) is 2. The molecule has 0 bridgehead atoms. The van der Waals surface area contributed by atoms with Gasteiger partial charge in [0.25, 0.3) is 0 Å². The summed E-state index contributed by atoms with van der Waals surface area (Å²) in [4.78, 5) is 12.2. The van der Waals surface area contributed by atoms with Crippen molar-refractivity contribution >= 4 is 16.9 Å². The molecule has 0 saturated heterocycles. The number of aromatic nitrogens is 3. The molecular formula is C21H20N4. The van der Waals surface area contributed by atoms with Gasteiger partial charge in [0.15, 0.2) is 0 Å². The van der Waals surface area contributed by atoms with Crippen molar-refractivity contribution in [2.24, 2.45) is 0 Å². The van der Waals surface area contributed by atoms with Crippen LogP contribution in [0.5, 0.6) is 0 Å². The van der Waals surface area contributed by atoms with Crippen molar-refractivity contribution in [3.8, 4) is 11.1 Å². The first-order chi connectivity index (χ1) is 12.3. The summed E-state index contributed by atoms with van der Waals surface area (Å²) in [6.45, 7) is 2.88. The second-order valence-corrected chi connectivity index (χ2v) is 6.20. The maximum absolute atomic E-state index is 4.43. The van der Waals surface area contributed by atoms with Crippen molar-refractivity contribution in [3.05, 3.63) is 78.2 Å². The fourth-order valence-electron chi connectivity index (χ4n) is 2.96. The number of H-pyrrole nitrogens is 1. The Morgan fingerprint density at radius 3 is 2.48 bits per heavy atom. The van der Waals surface area contributed by atoms with Crippen LogP contribution in [0.4, 0.5) is 5.95 Å². The molecule has 0 aliphatic rings.